The molecule has 1 N–H and O–H groups in total. The van der Waals surface area contributed by atoms with Crippen molar-refractivity contribution in [3.63, 3.8) is 0 Å². The standard InChI is InChI=1S/C14H17FN2O/c15-12-3-1-2-10(8-12)14(18)17-7-5-11-9-16-6-4-13(11)17/h1-3,8,11,13,16H,4-7,9H2/t11-,13+/m0/s1. The van der Waals surface area contributed by atoms with Gasteiger partial charge >= 0.3 is 0 Å². The Labute approximate surface area is 106 Å². The lowest BCUT2D eigenvalue weighted by atomic mass is 9.94. The van der Waals surface area contributed by atoms with Crippen molar-refractivity contribution >= 4 is 5.91 Å². The molecular weight excluding hydrogens is 231 g/mol. The van der Waals surface area contributed by atoms with Crippen LogP contribution in [0, 0.1) is 11.7 Å². The molecule has 1 amide bonds. The molecule has 18 heavy (non-hydrogen) atoms. The van der Waals surface area contributed by atoms with Crippen LogP contribution in [0.5, 0.6) is 0 Å². The largest absolute Gasteiger partial charge is 0.335 e. The highest BCUT2D eigenvalue weighted by Crippen LogP contribution is 2.29. The first-order valence-corrected chi connectivity index (χ1v) is 6.53. The molecule has 2 atom stereocenters. The van der Waals surface area contributed by atoms with Crippen molar-refractivity contribution in [1.29, 1.82) is 0 Å². The Hall–Kier alpha value is -1.42. The number of amides is 1. The average molecular weight is 248 g/mol. The van der Waals surface area contributed by atoms with Gasteiger partial charge in [-0.2, -0.15) is 0 Å². The fourth-order valence-electron chi connectivity index (χ4n) is 3.12. The second-order valence-electron chi connectivity index (χ2n) is 5.12. The summed E-state index contributed by atoms with van der Waals surface area (Å²) in [6, 6.07) is 6.32. The van der Waals surface area contributed by atoms with Crippen LogP contribution in [-0.2, 0) is 0 Å². The zero-order valence-electron chi connectivity index (χ0n) is 10.2. The van der Waals surface area contributed by atoms with E-state index in [1.807, 2.05) is 4.90 Å². The smallest absolute Gasteiger partial charge is 0.254 e. The predicted octanol–water partition coefficient (Wildman–Crippen LogP) is 1.65. The second-order valence-corrected chi connectivity index (χ2v) is 5.12. The van der Waals surface area contributed by atoms with Gasteiger partial charge in [0.1, 0.15) is 5.82 Å². The average Bonchev–Trinajstić information content (AvgIpc) is 2.82. The molecule has 3 rings (SSSR count). The third-order valence-electron chi connectivity index (χ3n) is 4.04. The number of fused-ring (bicyclic) bond motifs is 1. The van der Waals surface area contributed by atoms with E-state index in [0.717, 1.165) is 32.5 Å². The number of benzene rings is 1. The second kappa shape index (κ2) is 4.69. The molecule has 1 aromatic carbocycles. The summed E-state index contributed by atoms with van der Waals surface area (Å²) in [4.78, 5) is 14.3. The molecule has 0 radical (unpaired) electrons. The molecule has 2 saturated heterocycles. The van der Waals surface area contributed by atoms with E-state index < -0.39 is 0 Å². The molecule has 0 saturated carbocycles. The summed E-state index contributed by atoms with van der Waals surface area (Å²) in [5.74, 6) is 0.196. The minimum atomic E-state index is -0.345. The Balaban J connectivity index is 1.80. The molecule has 3 nitrogen and oxygen atoms in total. The number of nitrogens with zero attached hydrogens (tertiary/aromatic N) is 1. The lowest BCUT2D eigenvalue weighted by molar-refractivity contribution is 0.0697. The van der Waals surface area contributed by atoms with Crippen LogP contribution in [0.1, 0.15) is 23.2 Å². The highest BCUT2D eigenvalue weighted by atomic mass is 19.1. The lowest BCUT2D eigenvalue weighted by Gasteiger charge is -2.32. The van der Waals surface area contributed by atoms with Gasteiger partial charge in [0, 0.05) is 18.2 Å². The number of rotatable bonds is 1. The number of piperidine rings is 1. The Bertz CT molecular complexity index is 463. The van der Waals surface area contributed by atoms with E-state index in [-0.39, 0.29) is 11.7 Å². The van der Waals surface area contributed by atoms with Gasteiger partial charge in [0.25, 0.3) is 5.91 Å². The van der Waals surface area contributed by atoms with Crippen molar-refractivity contribution in [3.8, 4) is 0 Å². The maximum atomic E-state index is 13.2. The topological polar surface area (TPSA) is 32.3 Å². The Morgan fingerprint density at radius 2 is 2.28 bits per heavy atom. The van der Waals surface area contributed by atoms with Gasteiger partial charge in [-0.3, -0.25) is 4.79 Å². The summed E-state index contributed by atoms with van der Waals surface area (Å²) in [5.41, 5.74) is 0.467. The first-order chi connectivity index (χ1) is 8.75. The molecule has 2 aliphatic heterocycles. The highest BCUT2D eigenvalue weighted by molar-refractivity contribution is 5.94. The quantitative estimate of drug-likeness (QED) is 0.819. The van der Waals surface area contributed by atoms with Gasteiger partial charge in [-0.25, -0.2) is 4.39 Å². The number of carbonyl (C=O) groups is 1. The van der Waals surface area contributed by atoms with Crippen molar-refractivity contribution in [3.05, 3.63) is 35.6 Å². The summed E-state index contributed by atoms with van der Waals surface area (Å²) in [6.45, 7) is 2.76. The van der Waals surface area contributed by atoms with Crippen LogP contribution in [-0.4, -0.2) is 36.5 Å². The maximum absolute atomic E-state index is 13.2. The molecule has 0 aromatic heterocycles. The number of likely N-dealkylation sites (tertiary alicyclic amines) is 1. The monoisotopic (exact) mass is 248 g/mol. The lowest BCUT2D eigenvalue weighted by Crippen LogP contribution is -2.45. The number of halogens is 1. The van der Waals surface area contributed by atoms with Crippen LogP contribution in [0.4, 0.5) is 4.39 Å². The van der Waals surface area contributed by atoms with Crippen LogP contribution in [0.3, 0.4) is 0 Å². The van der Waals surface area contributed by atoms with E-state index in [4.69, 9.17) is 0 Å². The summed E-state index contributed by atoms with van der Waals surface area (Å²) < 4.78 is 13.2. The van der Waals surface area contributed by atoms with Crippen molar-refractivity contribution < 1.29 is 9.18 Å². The van der Waals surface area contributed by atoms with E-state index in [1.165, 1.54) is 12.1 Å². The van der Waals surface area contributed by atoms with Gasteiger partial charge in [0.05, 0.1) is 0 Å². The summed E-state index contributed by atoms with van der Waals surface area (Å²) in [5, 5.41) is 3.37. The third kappa shape index (κ3) is 2.01. The first-order valence-electron chi connectivity index (χ1n) is 6.53. The molecule has 0 unspecified atom stereocenters. The summed E-state index contributed by atoms with van der Waals surface area (Å²) in [6.07, 6.45) is 2.06. The van der Waals surface area contributed by atoms with Gasteiger partial charge in [-0.05, 0) is 50.0 Å². The van der Waals surface area contributed by atoms with Crippen LogP contribution >= 0.6 is 0 Å². The van der Waals surface area contributed by atoms with Gasteiger partial charge < -0.3 is 10.2 Å². The Morgan fingerprint density at radius 3 is 3.11 bits per heavy atom. The zero-order valence-corrected chi connectivity index (χ0v) is 10.2. The number of hydrogen-bond acceptors (Lipinski definition) is 2. The molecule has 0 bridgehead atoms. The van der Waals surface area contributed by atoms with E-state index in [0.29, 0.717) is 17.5 Å². The molecule has 2 aliphatic rings. The van der Waals surface area contributed by atoms with E-state index in [9.17, 15) is 9.18 Å². The fourth-order valence-corrected chi connectivity index (χ4v) is 3.12. The first kappa shape index (κ1) is 11.7. The van der Waals surface area contributed by atoms with Crippen molar-refractivity contribution in [2.45, 2.75) is 18.9 Å². The van der Waals surface area contributed by atoms with Gasteiger partial charge in [-0.15, -0.1) is 0 Å². The van der Waals surface area contributed by atoms with Gasteiger partial charge in [0.2, 0.25) is 0 Å². The fraction of sp³-hybridized carbons (Fsp3) is 0.500. The van der Waals surface area contributed by atoms with Crippen LogP contribution < -0.4 is 5.32 Å². The Morgan fingerprint density at radius 1 is 1.39 bits per heavy atom. The number of hydrogen-bond donors (Lipinski definition) is 1. The van der Waals surface area contributed by atoms with Gasteiger partial charge in [-0.1, -0.05) is 6.07 Å². The number of nitrogens with one attached hydrogen (secondary N) is 1. The van der Waals surface area contributed by atoms with Crippen LogP contribution in [0.15, 0.2) is 24.3 Å². The molecule has 4 heteroatoms. The minimum absolute atomic E-state index is 0.0242. The molecule has 2 fully saturated rings. The van der Waals surface area contributed by atoms with E-state index >= 15 is 0 Å². The SMILES string of the molecule is O=C(c1cccc(F)c1)N1CC[C@H]2CNCC[C@H]21. The number of carbonyl (C=O) groups excluding carboxylic acids is 1. The summed E-state index contributed by atoms with van der Waals surface area (Å²) in [7, 11) is 0. The van der Waals surface area contributed by atoms with Crippen LogP contribution in [0.2, 0.25) is 0 Å². The van der Waals surface area contributed by atoms with Crippen molar-refractivity contribution in [2.75, 3.05) is 19.6 Å². The molecule has 0 spiro atoms. The maximum Gasteiger partial charge on any atom is 0.254 e. The molecule has 1 aromatic rings. The van der Waals surface area contributed by atoms with E-state index in [1.54, 1.807) is 12.1 Å². The highest BCUT2D eigenvalue weighted by Gasteiger charge is 2.38. The molecular formula is C14H17FN2O. The normalized spacial score (nSPS) is 27.1. The van der Waals surface area contributed by atoms with Crippen molar-refractivity contribution in [2.24, 2.45) is 5.92 Å². The van der Waals surface area contributed by atoms with Gasteiger partial charge in [0.15, 0.2) is 0 Å². The molecule has 96 valence electrons. The molecule has 0 aliphatic carbocycles. The third-order valence-corrected chi connectivity index (χ3v) is 4.04. The summed E-state index contributed by atoms with van der Waals surface area (Å²) >= 11 is 0. The Kier molecular flexibility index (Phi) is 3.04. The van der Waals surface area contributed by atoms with E-state index in [2.05, 4.69) is 5.32 Å². The minimum Gasteiger partial charge on any atom is -0.335 e. The van der Waals surface area contributed by atoms with Crippen LogP contribution in [0.25, 0.3) is 0 Å². The van der Waals surface area contributed by atoms with Crippen molar-refractivity contribution in [1.82, 2.24) is 10.2 Å². The zero-order chi connectivity index (χ0) is 12.5. The predicted molar refractivity (Wildman–Crippen MR) is 66.8 cm³/mol. The molecule has 2 heterocycles.